The summed E-state index contributed by atoms with van der Waals surface area (Å²) in [6.07, 6.45) is 9.23. The highest BCUT2D eigenvalue weighted by atomic mass is 16.9. The maximum atomic E-state index is 11.3. The van der Waals surface area contributed by atoms with Gasteiger partial charge in [0.25, 0.3) is 5.97 Å². The number of rotatable bonds is 33. The zero-order chi connectivity index (χ0) is 30.3. The molecule has 1 atom stereocenters. The van der Waals surface area contributed by atoms with Crippen LogP contribution in [0.5, 0.6) is 0 Å². The van der Waals surface area contributed by atoms with Gasteiger partial charge in [0.1, 0.15) is 0 Å². The lowest BCUT2D eigenvalue weighted by atomic mass is 9.92. The second kappa shape index (κ2) is 30.4. The minimum absolute atomic E-state index is 0.111. The highest BCUT2D eigenvalue weighted by Gasteiger charge is 2.42. The number of nitrogens with one attached hydrogen (secondary N) is 1. The Morgan fingerprint density at radius 3 is 1.46 bits per heavy atom. The van der Waals surface area contributed by atoms with E-state index in [1.807, 2.05) is 0 Å². The third-order valence-corrected chi connectivity index (χ3v) is 6.32. The van der Waals surface area contributed by atoms with Crippen molar-refractivity contribution in [1.29, 1.82) is 0 Å². The molecule has 0 radical (unpaired) electrons. The molecule has 0 fully saturated rings. The van der Waals surface area contributed by atoms with Crippen LogP contribution in [-0.2, 0) is 42.6 Å². The van der Waals surface area contributed by atoms with Crippen LogP contribution in [0.15, 0.2) is 0 Å². The van der Waals surface area contributed by atoms with Gasteiger partial charge in [-0.25, -0.2) is 4.79 Å². The molecule has 0 aliphatic heterocycles. The van der Waals surface area contributed by atoms with E-state index in [2.05, 4.69) is 12.2 Å². The van der Waals surface area contributed by atoms with Crippen molar-refractivity contribution < 1.29 is 47.4 Å². The number of hydrogen-bond donors (Lipinski definition) is 2. The number of unbranched alkanes of at least 4 members (excludes halogenated alkanes) is 5. The van der Waals surface area contributed by atoms with Gasteiger partial charge in [-0.1, -0.05) is 45.4 Å². The number of primary amides is 1. The van der Waals surface area contributed by atoms with Gasteiger partial charge < -0.3 is 53.7 Å². The van der Waals surface area contributed by atoms with Gasteiger partial charge in [0.05, 0.1) is 79.3 Å². The molecule has 0 aromatic heterocycles. The molecule has 0 spiro atoms. The average molecular weight is 597 g/mol. The number of methoxy groups -OCH3 is 3. The Bertz CT molecular complexity index is 519. The molecule has 41 heavy (non-hydrogen) atoms. The van der Waals surface area contributed by atoms with Crippen molar-refractivity contribution in [2.75, 3.05) is 107 Å². The number of nitrogens with two attached hydrogens (primary N) is 1. The average Bonchev–Trinajstić information content (AvgIpc) is 2.96. The van der Waals surface area contributed by atoms with E-state index in [4.69, 9.17) is 48.4 Å². The van der Waals surface area contributed by atoms with Gasteiger partial charge in [0.2, 0.25) is 0 Å². The summed E-state index contributed by atoms with van der Waals surface area (Å²) in [6, 6.07) is -0.540. The van der Waals surface area contributed by atoms with Gasteiger partial charge in [0, 0.05) is 33.8 Å². The molecule has 0 aliphatic carbocycles. The Kier molecular flexibility index (Phi) is 29.6. The molecule has 3 N–H and O–H groups in total. The third kappa shape index (κ3) is 24.1. The molecule has 0 aromatic carbocycles. The molecule has 0 saturated heterocycles. The van der Waals surface area contributed by atoms with Crippen molar-refractivity contribution in [1.82, 2.24) is 5.32 Å². The highest BCUT2D eigenvalue weighted by molar-refractivity contribution is 5.71. The molecule has 246 valence electrons. The van der Waals surface area contributed by atoms with E-state index in [1.165, 1.54) is 25.7 Å². The number of carbonyl (C=O) groups excluding carboxylic acids is 1. The largest absolute Gasteiger partial charge is 0.382 e. The van der Waals surface area contributed by atoms with E-state index in [9.17, 15) is 4.79 Å². The van der Waals surface area contributed by atoms with Crippen LogP contribution in [-0.4, -0.2) is 119 Å². The minimum atomic E-state index is -1.34. The summed E-state index contributed by atoms with van der Waals surface area (Å²) in [6.45, 7) is 7.47. The second-order valence-electron chi connectivity index (χ2n) is 9.65. The Hall–Kier alpha value is -1.09. The van der Waals surface area contributed by atoms with E-state index in [0.717, 1.165) is 19.3 Å². The molecule has 12 nitrogen and oxygen atoms in total. The summed E-state index contributed by atoms with van der Waals surface area (Å²) >= 11 is 0. The Morgan fingerprint density at radius 2 is 1.02 bits per heavy atom. The first-order valence-corrected chi connectivity index (χ1v) is 15.2. The number of urea groups is 1. The van der Waals surface area contributed by atoms with Gasteiger partial charge in [-0.05, 0) is 19.3 Å². The van der Waals surface area contributed by atoms with Crippen molar-refractivity contribution in [3.8, 4) is 0 Å². The Balaban J connectivity index is 5.64. The van der Waals surface area contributed by atoms with Gasteiger partial charge in [-0.15, -0.1) is 0 Å². The fraction of sp³-hybridized carbons (Fsp3) is 0.966. The lowest BCUT2D eigenvalue weighted by Gasteiger charge is -2.40. The van der Waals surface area contributed by atoms with E-state index in [0.29, 0.717) is 78.8 Å². The fourth-order valence-electron chi connectivity index (χ4n) is 4.17. The van der Waals surface area contributed by atoms with Crippen LogP contribution < -0.4 is 11.1 Å². The monoisotopic (exact) mass is 596 g/mol. The van der Waals surface area contributed by atoms with Crippen LogP contribution in [0, 0.1) is 5.92 Å². The molecule has 1 unspecified atom stereocenters. The summed E-state index contributed by atoms with van der Waals surface area (Å²) in [5, 5.41) is 2.68. The van der Waals surface area contributed by atoms with Crippen LogP contribution in [0.1, 0.15) is 64.7 Å². The lowest BCUT2D eigenvalue weighted by molar-refractivity contribution is -0.410. The molecule has 0 aromatic rings. The third-order valence-electron chi connectivity index (χ3n) is 6.32. The van der Waals surface area contributed by atoms with E-state index >= 15 is 0 Å². The van der Waals surface area contributed by atoms with E-state index < -0.39 is 12.0 Å². The minimum Gasteiger partial charge on any atom is -0.382 e. The molecule has 0 rings (SSSR count). The smallest absolute Gasteiger partial charge is 0.312 e. The van der Waals surface area contributed by atoms with Crippen molar-refractivity contribution in [2.24, 2.45) is 11.7 Å². The van der Waals surface area contributed by atoms with E-state index in [1.54, 1.807) is 21.3 Å². The first-order valence-electron chi connectivity index (χ1n) is 15.2. The van der Waals surface area contributed by atoms with Crippen LogP contribution in [0.25, 0.3) is 0 Å². The SMILES string of the molecule is CCCCCCCCC(CCCNC(N)=O)C(OCCOCCOC)(OCCOCCOC)OCCOCCOC. The number of carbonyl (C=O) groups is 1. The summed E-state index contributed by atoms with van der Waals surface area (Å²) in [5.74, 6) is -1.45. The van der Waals surface area contributed by atoms with Gasteiger partial charge in [-0.2, -0.15) is 0 Å². The molecule has 0 bridgehead atoms. The lowest BCUT2D eigenvalue weighted by Crippen LogP contribution is -2.49. The fourth-order valence-corrected chi connectivity index (χ4v) is 4.17. The molecule has 12 heteroatoms. The van der Waals surface area contributed by atoms with Crippen LogP contribution in [0.3, 0.4) is 0 Å². The van der Waals surface area contributed by atoms with E-state index in [-0.39, 0.29) is 25.7 Å². The predicted octanol–water partition coefficient (Wildman–Crippen LogP) is 3.49. The van der Waals surface area contributed by atoms with Gasteiger partial charge >= 0.3 is 6.03 Å². The van der Waals surface area contributed by atoms with Crippen molar-refractivity contribution in [3.63, 3.8) is 0 Å². The van der Waals surface area contributed by atoms with Crippen molar-refractivity contribution in [3.05, 3.63) is 0 Å². The molecule has 0 aliphatic rings. The number of ether oxygens (including phenoxy) is 9. The van der Waals surface area contributed by atoms with Gasteiger partial charge in [0.15, 0.2) is 0 Å². The molecule has 0 saturated carbocycles. The molecular formula is C29H60N2O10. The first-order chi connectivity index (χ1) is 20.1. The zero-order valence-corrected chi connectivity index (χ0v) is 26.3. The van der Waals surface area contributed by atoms with Crippen molar-refractivity contribution >= 4 is 6.03 Å². The Morgan fingerprint density at radius 1 is 0.610 bits per heavy atom. The Labute approximate surface area is 248 Å². The molecule has 0 heterocycles. The quantitative estimate of drug-likeness (QED) is 0.0855. The van der Waals surface area contributed by atoms with Crippen LogP contribution in [0.4, 0.5) is 4.79 Å². The maximum Gasteiger partial charge on any atom is 0.312 e. The van der Waals surface area contributed by atoms with Crippen LogP contribution in [0.2, 0.25) is 0 Å². The number of hydrogen-bond acceptors (Lipinski definition) is 10. The van der Waals surface area contributed by atoms with Crippen LogP contribution >= 0.6 is 0 Å². The zero-order valence-electron chi connectivity index (χ0n) is 26.3. The highest BCUT2D eigenvalue weighted by Crippen LogP contribution is 2.34. The maximum absolute atomic E-state index is 11.3. The summed E-state index contributed by atoms with van der Waals surface area (Å²) < 4.78 is 51.4. The molecular weight excluding hydrogens is 536 g/mol. The number of amides is 2. The van der Waals surface area contributed by atoms with Gasteiger partial charge in [-0.3, -0.25) is 0 Å². The summed E-state index contributed by atoms with van der Waals surface area (Å²) in [5.41, 5.74) is 5.29. The second-order valence-corrected chi connectivity index (χ2v) is 9.65. The summed E-state index contributed by atoms with van der Waals surface area (Å²) in [4.78, 5) is 11.3. The topological polar surface area (TPSA) is 138 Å². The standard InChI is InChI=1S/C29H60N2O10/c1-5-6-7-8-9-10-12-27(13-11-14-31-28(30)32)29(39-24-21-36-18-15-33-2,40-25-22-37-19-16-34-3)41-26-23-38-20-17-35-4/h27H,5-26H2,1-4H3,(H3,30,31,32). The summed E-state index contributed by atoms with van der Waals surface area (Å²) in [7, 11) is 4.90. The normalized spacial score (nSPS) is 12.6. The molecule has 2 amide bonds. The first kappa shape index (κ1) is 39.9. The predicted molar refractivity (Wildman–Crippen MR) is 157 cm³/mol. The van der Waals surface area contributed by atoms with Crippen molar-refractivity contribution in [2.45, 2.75) is 70.7 Å².